The summed E-state index contributed by atoms with van der Waals surface area (Å²) in [5.41, 5.74) is 1.86. The van der Waals surface area contributed by atoms with Gasteiger partial charge in [-0.2, -0.15) is 5.26 Å². The third-order valence-electron chi connectivity index (χ3n) is 4.31. The quantitative estimate of drug-likeness (QED) is 0.859. The van der Waals surface area contributed by atoms with Crippen LogP contribution in [0.4, 0.5) is 4.39 Å². The van der Waals surface area contributed by atoms with Crippen LogP contribution >= 0.6 is 0 Å². The van der Waals surface area contributed by atoms with Crippen LogP contribution in [-0.4, -0.2) is 19.2 Å². The van der Waals surface area contributed by atoms with Gasteiger partial charge in [0, 0.05) is 23.5 Å². The highest BCUT2D eigenvalue weighted by molar-refractivity contribution is 7.89. The third-order valence-corrected chi connectivity index (χ3v) is 5.68. The van der Waals surface area contributed by atoms with Crippen LogP contribution < -0.4 is 4.72 Å². The number of nitrogens with one attached hydrogen (secondary N) is 1. The molecule has 130 valence electrons. The van der Waals surface area contributed by atoms with E-state index in [-0.39, 0.29) is 23.3 Å². The van der Waals surface area contributed by atoms with Gasteiger partial charge in [0.25, 0.3) is 0 Å². The first-order chi connectivity index (χ1) is 11.9. The van der Waals surface area contributed by atoms with Gasteiger partial charge in [-0.1, -0.05) is 6.07 Å². The van der Waals surface area contributed by atoms with Gasteiger partial charge < -0.3 is 0 Å². The van der Waals surface area contributed by atoms with Crippen molar-refractivity contribution in [1.29, 1.82) is 5.26 Å². The van der Waals surface area contributed by atoms with Gasteiger partial charge in [0.15, 0.2) is 0 Å². The second-order valence-electron chi connectivity index (χ2n) is 6.15. The predicted molar refractivity (Wildman–Crippen MR) is 92.4 cm³/mol. The molecule has 1 N–H and O–H groups in total. The van der Waals surface area contributed by atoms with Gasteiger partial charge in [0.1, 0.15) is 5.82 Å². The lowest BCUT2D eigenvalue weighted by Crippen LogP contribution is -2.31. The van der Waals surface area contributed by atoms with Crippen molar-refractivity contribution in [3.63, 3.8) is 0 Å². The van der Waals surface area contributed by atoms with Crippen molar-refractivity contribution >= 4 is 10.0 Å². The zero-order chi connectivity index (χ0) is 18.0. The molecule has 1 fully saturated rings. The number of rotatable bonds is 6. The number of nitriles is 1. The second-order valence-corrected chi connectivity index (χ2v) is 8.19. The van der Waals surface area contributed by atoms with E-state index in [1.165, 1.54) is 18.3 Å². The molecule has 3 rings (SSSR count). The van der Waals surface area contributed by atoms with Crippen molar-refractivity contribution in [1.82, 2.24) is 9.71 Å². The first kappa shape index (κ1) is 17.5. The van der Waals surface area contributed by atoms with Crippen molar-refractivity contribution in [3.05, 3.63) is 53.6 Å². The maximum absolute atomic E-state index is 14.3. The fourth-order valence-electron chi connectivity index (χ4n) is 2.74. The molecule has 25 heavy (non-hydrogen) atoms. The van der Waals surface area contributed by atoms with Crippen molar-refractivity contribution in [2.75, 3.05) is 5.75 Å². The summed E-state index contributed by atoms with van der Waals surface area (Å²) < 4.78 is 40.9. The normalized spacial score (nSPS) is 15.6. The van der Waals surface area contributed by atoms with Crippen LogP contribution in [0.2, 0.25) is 0 Å². The van der Waals surface area contributed by atoms with E-state index in [0.717, 1.165) is 18.4 Å². The number of benzene rings is 1. The maximum atomic E-state index is 14.3. The second kappa shape index (κ2) is 6.90. The molecule has 0 aliphatic heterocycles. The van der Waals surface area contributed by atoms with E-state index in [1.807, 2.05) is 6.07 Å². The molecule has 0 amide bonds. The monoisotopic (exact) mass is 359 g/mol. The number of pyridine rings is 1. The van der Waals surface area contributed by atoms with E-state index in [4.69, 9.17) is 5.26 Å². The first-order valence-electron chi connectivity index (χ1n) is 8.08. The number of sulfonamides is 1. The molecular weight excluding hydrogens is 341 g/mol. The Labute approximate surface area is 146 Å². The van der Waals surface area contributed by atoms with Crippen LogP contribution in [0.5, 0.6) is 0 Å². The molecule has 0 spiro atoms. The van der Waals surface area contributed by atoms with Crippen molar-refractivity contribution in [2.45, 2.75) is 25.8 Å². The minimum Gasteiger partial charge on any atom is -0.264 e. The van der Waals surface area contributed by atoms with Crippen LogP contribution in [0.1, 0.15) is 36.9 Å². The summed E-state index contributed by atoms with van der Waals surface area (Å²) in [6.45, 7) is 1.59. The molecule has 0 saturated heterocycles. The molecule has 1 unspecified atom stereocenters. The Bertz CT molecular complexity index is 934. The van der Waals surface area contributed by atoms with Gasteiger partial charge >= 0.3 is 0 Å². The molecule has 7 heteroatoms. The third kappa shape index (κ3) is 4.03. The minimum atomic E-state index is -3.35. The highest BCUT2D eigenvalue weighted by Gasteiger charge is 2.35. The van der Waals surface area contributed by atoms with E-state index in [9.17, 15) is 12.8 Å². The highest BCUT2D eigenvalue weighted by Crippen LogP contribution is 2.42. The summed E-state index contributed by atoms with van der Waals surface area (Å²) in [5, 5.41) is 8.85. The van der Waals surface area contributed by atoms with Gasteiger partial charge in [-0.15, -0.1) is 0 Å². The Balaban J connectivity index is 1.96. The van der Waals surface area contributed by atoms with Gasteiger partial charge in [-0.25, -0.2) is 17.5 Å². The molecule has 1 atom stereocenters. The number of aromatic nitrogens is 1. The van der Waals surface area contributed by atoms with Crippen LogP contribution in [0.3, 0.4) is 0 Å². The standard InChI is InChI=1S/C18H18FN3O2S/c1-2-25(23,24)22-18(13-4-5-13)15-8-14(10-21-11-15)16-6-3-12(9-20)7-17(16)19/h3,6-8,10-11,13,18,22H,2,4-5H2,1H3. The Morgan fingerprint density at radius 3 is 2.72 bits per heavy atom. The van der Waals surface area contributed by atoms with E-state index < -0.39 is 15.8 Å². The fraction of sp³-hybridized carbons (Fsp3) is 0.333. The molecule has 1 aliphatic carbocycles. The summed E-state index contributed by atoms with van der Waals surface area (Å²) in [6.07, 6.45) is 5.05. The van der Waals surface area contributed by atoms with Gasteiger partial charge in [0.05, 0.1) is 23.4 Å². The van der Waals surface area contributed by atoms with Gasteiger partial charge in [-0.3, -0.25) is 4.98 Å². The average molecular weight is 359 g/mol. The van der Waals surface area contributed by atoms with E-state index >= 15 is 0 Å². The molecule has 1 saturated carbocycles. The van der Waals surface area contributed by atoms with Crippen LogP contribution in [0.15, 0.2) is 36.7 Å². The fourth-order valence-corrected chi connectivity index (χ4v) is 3.62. The number of hydrogen-bond acceptors (Lipinski definition) is 4. The molecule has 2 aromatic rings. The summed E-state index contributed by atoms with van der Waals surface area (Å²) >= 11 is 0. The first-order valence-corrected chi connectivity index (χ1v) is 9.73. The van der Waals surface area contributed by atoms with Crippen LogP contribution in [-0.2, 0) is 10.0 Å². The van der Waals surface area contributed by atoms with Crippen LogP contribution in [0, 0.1) is 23.1 Å². The summed E-state index contributed by atoms with van der Waals surface area (Å²) in [5.74, 6) is -0.257. The summed E-state index contributed by atoms with van der Waals surface area (Å²) in [4.78, 5) is 4.17. The number of hydrogen-bond donors (Lipinski definition) is 1. The Morgan fingerprint density at radius 2 is 2.12 bits per heavy atom. The lowest BCUT2D eigenvalue weighted by molar-refractivity contribution is 0.529. The largest absolute Gasteiger partial charge is 0.264 e. The van der Waals surface area contributed by atoms with Crippen molar-refractivity contribution in [3.8, 4) is 17.2 Å². The van der Waals surface area contributed by atoms with Gasteiger partial charge in [0.2, 0.25) is 10.0 Å². The Kier molecular flexibility index (Phi) is 4.84. The highest BCUT2D eigenvalue weighted by atomic mass is 32.2. The molecule has 0 radical (unpaired) electrons. The zero-order valence-corrected chi connectivity index (χ0v) is 14.6. The number of nitrogens with zero attached hydrogens (tertiary/aromatic N) is 2. The van der Waals surface area contributed by atoms with Crippen molar-refractivity contribution < 1.29 is 12.8 Å². The predicted octanol–water partition coefficient (Wildman–Crippen LogP) is 3.15. The molecule has 1 aromatic heterocycles. The molecule has 0 bridgehead atoms. The summed E-state index contributed by atoms with van der Waals surface area (Å²) in [7, 11) is -3.35. The SMILES string of the molecule is CCS(=O)(=O)NC(c1cncc(-c2ccc(C#N)cc2F)c1)C1CC1. The zero-order valence-electron chi connectivity index (χ0n) is 13.7. The van der Waals surface area contributed by atoms with Gasteiger partial charge in [-0.05, 0) is 49.4 Å². The lowest BCUT2D eigenvalue weighted by Gasteiger charge is -2.19. The summed E-state index contributed by atoms with van der Waals surface area (Å²) in [6, 6.07) is 7.58. The number of halogens is 1. The Morgan fingerprint density at radius 1 is 1.36 bits per heavy atom. The molecule has 1 heterocycles. The lowest BCUT2D eigenvalue weighted by atomic mass is 9.99. The smallest absolute Gasteiger partial charge is 0.211 e. The van der Waals surface area contributed by atoms with E-state index in [2.05, 4.69) is 9.71 Å². The topological polar surface area (TPSA) is 82.8 Å². The molecule has 5 nitrogen and oxygen atoms in total. The van der Waals surface area contributed by atoms with Crippen LogP contribution in [0.25, 0.3) is 11.1 Å². The van der Waals surface area contributed by atoms with E-state index in [1.54, 1.807) is 25.3 Å². The van der Waals surface area contributed by atoms with Crippen molar-refractivity contribution in [2.24, 2.45) is 5.92 Å². The maximum Gasteiger partial charge on any atom is 0.211 e. The van der Waals surface area contributed by atoms with E-state index in [0.29, 0.717) is 11.1 Å². The Hall–Kier alpha value is -2.30. The molecule has 1 aliphatic rings. The average Bonchev–Trinajstić information content (AvgIpc) is 3.44. The minimum absolute atomic E-state index is 0.00753. The molecule has 1 aromatic carbocycles. The molecular formula is C18H18FN3O2S.